The number of benzene rings is 1. The normalized spacial score (nSPS) is 15.8. The number of rotatable bonds is 3. The highest BCUT2D eigenvalue weighted by Gasteiger charge is 2.30. The number of piperazine rings is 1. The van der Waals surface area contributed by atoms with E-state index in [1.165, 1.54) is 4.90 Å². The van der Waals surface area contributed by atoms with Gasteiger partial charge >= 0.3 is 11.8 Å². The van der Waals surface area contributed by atoms with Crippen LogP contribution in [0.5, 0.6) is 0 Å². The fourth-order valence-corrected chi connectivity index (χ4v) is 2.09. The summed E-state index contributed by atoms with van der Waals surface area (Å²) in [5.41, 5.74) is 7.25. The molecule has 1 saturated heterocycles. The SMILES string of the molecule is CN1CCN(Cc2cccc(C(N)=S)c2)C(=O)C1=O. The Kier molecular flexibility index (Phi) is 3.80. The summed E-state index contributed by atoms with van der Waals surface area (Å²) in [4.78, 5) is 26.7. The molecule has 0 unspecified atom stereocenters. The van der Waals surface area contributed by atoms with Gasteiger partial charge in [0.25, 0.3) is 0 Å². The second kappa shape index (κ2) is 5.36. The molecule has 1 aromatic rings. The van der Waals surface area contributed by atoms with E-state index >= 15 is 0 Å². The minimum absolute atomic E-state index is 0.322. The molecule has 0 saturated carbocycles. The summed E-state index contributed by atoms with van der Waals surface area (Å²) in [6.07, 6.45) is 0. The number of nitrogens with zero attached hydrogens (tertiary/aromatic N) is 2. The molecule has 1 heterocycles. The van der Waals surface area contributed by atoms with Crippen LogP contribution in [0.15, 0.2) is 24.3 Å². The maximum Gasteiger partial charge on any atom is 0.312 e. The Labute approximate surface area is 117 Å². The average Bonchev–Trinajstić information content (AvgIpc) is 2.40. The van der Waals surface area contributed by atoms with E-state index in [-0.39, 0.29) is 0 Å². The van der Waals surface area contributed by atoms with Crippen molar-refractivity contribution in [3.8, 4) is 0 Å². The molecule has 0 aromatic heterocycles. The maximum atomic E-state index is 11.8. The van der Waals surface area contributed by atoms with Gasteiger partial charge in [-0.1, -0.05) is 30.4 Å². The Morgan fingerprint density at radius 1 is 1.32 bits per heavy atom. The highest BCUT2D eigenvalue weighted by atomic mass is 32.1. The van der Waals surface area contributed by atoms with Gasteiger partial charge in [-0.2, -0.15) is 0 Å². The molecule has 5 nitrogen and oxygen atoms in total. The standard InChI is InChI=1S/C13H15N3O2S/c1-15-5-6-16(13(18)12(15)17)8-9-3-2-4-10(7-9)11(14)19/h2-4,7H,5-6,8H2,1H3,(H2,14,19). The maximum absolute atomic E-state index is 11.8. The summed E-state index contributed by atoms with van der Waals surface area (Å²) in [6.45, 7) is 1.49. The molecule has 0 spiro atoms. The molecule has 1 aliphatic rings. The summed E-state index contributed by atoms with van der Waals surface area (Å²) in [5, 5.41) is 0. The largest absolute Gasteiger partial charge is 0.389 e. The van der Waals surface area contributed by atoms with Gasteiger partial charge in [-0.25, -0.2) is 0 Å². The summed E-state index contributed by atoms with van der Waals surface area (Å²) in [7, 11) is 1.63. The Bertz CT molecular complexity index is 544. The third kappa shape index (κ3) is 2.90. The molecule has 0 bridgehead atoms. The first-order valence-corrected chi connectivity index (χ1v) is 6.33. The predicted molar refractivity (Wildman–Crippen MR) is 75.4 cm³/mol. The summed E-state index contributed by atoms with van der Waals surface area (Å²) < 4.78 is 0. The minimum atomic E-state index is -0.463. The molecule has 1 aromatic carbocycles. The molecule has 2 amide bonds. The van der Waals surface area contributed by atoms with Gasteiger partial charge in [0.05, 0.1) is 0 Å². The van der Waals surface area contributed by atoms with E-state index in [9.17, 15) is 9.59 Å². The van der Waals surface area contributed by atoms with Crippen LogP contribution in [0.1, 0.15) is 11.1 Å². The minimum Gasteiger partial charge on any atom is -0.389 e. The first kappa shape index (κ1) is 13.5. The Morgan fingerprint density at radius 2 is 2.05 bits per heavy atom. The second-order valence-corrected chi connectivity index (χ2v) is 4.96. The zero-order chi connectivity index (χ0) is 14.0. The number of amides is 2. The number of hydrogen-bond acceptors (Lipinski definition) is 3. The van der Waals surface area contributed by atoms with Gasteiger partial charge in [0, 0.05) is 32.2 Å². The zero-order valence-corrected chi connectivity index (χ0v) is 11.4. The van der Waals surface area contributed by atoms with Gasteiger partial charge in [-0.05, 0) is 11.6 Å². The molecule has 2 rings (SSSR count). The number of thiocarbonyl (C=S) groups is 1. The van der Waals surface area contributed by atoms with Crippen LogP contribution in [0.25, 0.3) is 0 Å². The summed E-state index contributed by atoms with van der Waals surface area (Å²) in [5.74, 6) is -0.925. The average molecular weight is 277 g/mol. The Balaban J connectivity index is 2.13. The van der Waals surface area contributed by atoms with Crippen LogP contribution in [0.3, 0.4) is 0 Å². The summed E-state index contributed by atoms with van der Waals surface area (Å²) >= 11 is 4.92. The lowest BCUT2D eigenvalue weighted by Crippen LogP contribution is -2.52. The van der Waals surface area contributed by atoms with Crippen LogP contribution < -0.4 is 5.73 Å². The van der Waals surface area contributed by atoms with E-state index in [1.807, 2.05) is 24.3 Å². The number of likely N-dealkylation sites (N-methyl/N-ethyl adjacent to an activating group) is 1. The smallest absolute Gasteiger partial charge is 0.312 e. The zero-order valence-electron chi connectivity index (χ0n) is 10.6. The highest BCUT2D eigenvalue weighted by Crippen LogP contribution is 2.11. The molecule has 6 heteroatoms. The molecule has 2 N–H and O–H groups in total. The third-order valence-corrected chi connectivity index (χ3v) is 3.34. The van der Waals surface area contributed by atoms with Crippen LogP contribution >= 0.6 is 12.2 Å². The van der Waals surface area contributed by atoms with Gasteiger partial charge in [0.15, 0.2) is 0 Å². The number of hydrogen-bond donors (Lipinski definition) is 1. The fraction of sp³-hybridized carbons (Fsp3) is 0.308. The first-order valence-electron chi connectivity index (χ1n) is 5.92. The van der Waals surface area contributed by atoms with Crippen molar-refractivity contribution < 1.29 is 9.59 Å². The van der Waals surface area contributed by atoms with Crippen LogP contribution in [0.4, 0.5) is 0 Å². The van der Waals surface area contributed by atoms with E-state index in [1.54, 1.807) is 11.9 Å². The van der Waals surface area contributed by atoms with E-state index in [0.29, 0.717) is 24.6 Å². The van der Waals surface area contributed by atoms with Gasteiger partial charge in [-0.15, -0.1) is 0 Å². The fourth-order valence-electron chi connectivity index (χ4n) is 1.97. The lowest BCUT2D eigenvalue weighted by molar-refractivity contribution is -0.155. The van der Waals surface area contributed by atoms with Gasteiger partial charge in [0.1, 0.15) is 4.99 Å². The van der Waals surface area contributed by atoms with E-state index in [2.05, 4.69) is 0 Å². The molecule has 1 fully saturated rings. The lowest BCUT2D eigenvalue weighted by Gasteiger charge is -2.31. The van der Waals surface area contributed by atoms with E-state index < -0.39 is 11.8 Å². The van der Waals surface area contributed by atoms with Crippen LogP contribution in [-0.2, 0) is 16.1 Å². The first-order chi connectivity index (χ1) is 8.99. The van der Waals surface area contributed by atoms with Gasteiger partial charge in [0.2, 0.25) is 0 Å². The summed E-state index contributed by atoms with van der Waals surface area (Å²) in [6, 6.07) is 7.39. The van der Waals surface area contributed by atoms with Gasteiger partial charge in [-0.3, -0.25) is 9.59 Å². The highest BCUT2D eigenvalue weighted by molar-refractivity contribution is 7.80. The number of nitrogens with two attached hydrogens (primary N) is 1. The van der Waals surface area contributed by atoms with Crippen molar-refractivity contribution in [2.75, 3.05) is 20.1 Å². The molecular formula is C13H15N3O2S. The van der Waals surface area contributed by atoms with Crippen LogP contribution in [0, 0.1) is 0 Å². The van der Waals surface area contributed by atoms with Crippen molar-refractivity contribution in [3.63, 3.8) is 0 Å². The van der Waals surface area contributed by atoms with Crippen molar-refractivity contribution in [2.45, 2.75) is 6.54 Å². The molecular weight excluding hydrogens is 262 g/mol. The van der Waals surface area contributed by atoms with Crippen molar-refractivity contribution in [1.29, 1.82) is 0 Å². The predicted octanol–water partition coefficient (Wildman–Crippen LogP) is 0.121. The Hall–Kier alpha value is -1.95. The number of carbonyl (C=O) groups is 2. The van der Waals surface area contributed by atoms with Gasteiger partial charge < -0.3 is 15.5 Å². The monoisotopic (exact) mass is 277 g/mol. The lowest BCUT2D eigenvalue weighted by atomic mass is 10.1. The van der Waals surface area contributed by atoms with E-state index in [4.69, 9.17) is 18.0 Å². The van der Waals surface area contributed by atoms with Crippen molar-refractivity contribution in [1.82, 2.24) is 9.80 Å². The second-order valence-electron chi connectivity index (χ2n) is 4.52. The van der Waals surface area contributed by atoms with Crippen molar-refractivity contribution in [2.24, 2.45) is 5.73 Å². The molecule has 19 heavy (non-hydrogen) atoms. The van der Waals surface area contributed by atoms with Crippen molar-refractivity contribution >= 4 is 29.0 Å². The third-order valence-electron chi connectivity index (χ3n) is 3.11. The molecule has 100 valence electrons. The Morgan fingerprint density at radius 3 is 2.74 bits per heavy atom. The van der Waals surface area contributed by atoms with Crippen molar-refractivity contribution in [3.05, 3.63) is 35.4 Å². The molecule has 0 aliphatic carbocycles. The topological polar surface area (TPSA) is 66.6 Å². The van der Waals surface area contributed by atoms with E-state index in [0.717, 1.165) is 11.1 Å². The molecule has 0 atom stereocenters. The van der Waals surface area contributed by atoms with Crippen LogP contribution in [0.2, 0.25) is 0 Å². The molecule has 0 radical (unpaired) electrons. The molecule has 1 aliphatic heterocycles. The number of carbonyl (C=O) groups excluding carboxylic acids is 2. The van der Waals surface area contributed by atoms with Crippen LogP contribution in [-0.4, -0.2) is 46.7 Å². The quantitative estimate of drug-likeness (QED) is 0.629.